The molecule has 7 heteroatoms. The van der Waals surface area contributed by atoms with Gasteiger partial charge in [0.1, 0.15) is 16.6 Å². The highest BCUT2D eigenvalue weighted by atomic mass is 16.7. The van der Waals surface area contributed by atoms with Crippen molar-refractivity contribution in [3.63, 3.8) is 0 Å². The van der Waals surface area contributed by atoms with Crippen molar-refractivity contribution in [3.05, 3.63) is 28.4 Å². The summed E-state index contributed by atoms with van der Waals surface area (Å²) < 4.78 is 32.6. The molecule has 0 saturated carbocycles. The summed E-state index contributed by atoms with van der Waals surface area (Å²) in [6.45, 7) is 0.115. The molecule has 3 aromatic rings. The van der Waals surface area contributed by atoms with E-state index in [9.17, 15) is 4.79 Å². The Hall–Kier alpha value is -3.09. The summed E-state index contributed by atoms with van der Waals surface area (Å²) in [5.41, 5.74) is 0.481. The fraction of sp³-hybridized carbons (Fsp3) is 0.235. The lowest BCUT2D eigenvalue weighted by Gasteiger charge is -2.14. The van der Waals surface area contributed by atoms with E-state index in [4.69, 9.17) is 28.1 Å². The van der Waals surface area contributed by atoms with Crippen LogP contribution in [0.15, 0.2) is 27.4 Å². The molecule has 1 aliphatic heterocycles. The molecule has 0 spiro atoms. The fourth-order valence-corrected chi connectivity index (χ4v) is 2.87. The predicted octanol–water partition coefficient (Wildman–Crippen LogP) is 2.70. The molecule has 0 aliphatic carbocycles. The van der Waals surface area contributed by atoms with Gasteiger partial charge in [-0.2, -0.15) is 0 Å². The monoisotopic (exact) mass is 330 g/mol. The van der Waals surface area contributed by atoms with Gasteiger partial charge in [0.15, 0.2) is 23.0 Å². The van der Waals surface area contributed by atoms with Gasteiger partial charge in [-0.1, -0.05) is 0 Å². The lowest BCUT2D eigenvalue weighted by molar-refractivity contribution is 0.174. The Bertz CT molecular complexity index is 1020. The van der Waals surface area contributed by atoms with E-state index in [0.29, 0.717) is 39.6 Å². The molecule has 7 nitrogen and oxygen atoms in total. The van der Waals surface area contributed by atoms with Crippen LogP contribution in [-0.2, 0) is 0 Å². The van der Waals surface area contributed by atoms with Gasteiger partial charge in [-0.3, -0.25) is 4.79 Å². The van der Waals surface area contributed by atoms with Crippen molar-refractivity contribution in [2.75, 3.05) is 28.1 Å². The highest BCUT2D eigenvalue weighted by Gasteiger charge is 2.23. The molecule has 0 fully saturated rings. The third-order valence-corrected chi connectivity index (χ3v) is 3.96. The van der Waals surface area contributed by atoms with Crippen LogP contribution in [0.4, 0.5) is 0 Å². The summed E-state index contributed by atoms with van der Waals surface area (Å²) in [5.74, 6) is 2.05. The zero-order valence-electron chi connectivity index (χ0n) is 13.3. The van der Waals surface area contributed by atoms with E-state index >= 15 is 0 Å². The maximum absolute atomic E-state index is 13.0. The van der Waals surface area contributed by atoms with E-state index in [1.54, 1.807) is 18.2 Å². The van der Waals surface area contributed by atoms with Gasteiger partial charge in [-0.15, -0.1) is 0 Å². The predicted molar refractivity (Wildman–Crippen MR) is 85.8 cm³/mol. The van der Waals surface area contributed by atoms with Gasteiger partial charge in [0, 0.05) is 12.1 Å². The van der Waals surface area contributed by atoms with Crippen LogP contribution in [-0.4, -0.2) is 28.1 Å². The number of rotatable bonds is 3. The lowest BCUT2D eigenvalue weighted by atomic mass is 10.1. The van der Waals surface area contributed by atoms with Gasteiger partial charge in [0.05, 0.1) is 26.7 Å². The Labute approximate surface area is 136 Å². The molecule has 24 heavy (non-hydrogen) atoms. The second kappa shape index (κ2) is 5.23. The second-order valence-corrected chi connectivity index (χ2v) is 5.15. The first kappa shape index (κ1) is 14.5. The molecule has 2 heterocycles. The number of benzene rings is 2. The minimum absolute atomic E-state index is 0.115. The largest absolute Gasteiger partial charge is 0.493 e. The summed E-state index contributed by atoms with van der Waals surface area (Å²) in [5, 5.41) is 0.652. The Morgan fingerprint density at radius 3 is 2.25 bits per heavy atom. The Balaban J connectivity index is 2.17. The van der Waals surface area contributed by atoms with Crippen molar-refractivity contribution in [2.45, 2.75) is 0 Å². The van der Waals surface area contributed by atoms with E-state index < -0.39 is 0 Å². The zero-order valence-corrected chi connectivity index (χ0v) is 13.3. The molecule has 124 valence electrons. The molecule has 0 atom stereocenters. The van der Waals surface area contributed by atoms with Gasteiger partial charge in [0.2, 0.25) is 18.0 Å². The van der Waals surface area contributed by atoms with Gasteiger partial charge in [-0.25, -0.2) is 0 Å². The lowest BCUT2D eigenvalue weighted by Crippen LogP contribution is -2.06. The van der Waals surface area contributed by atoms with Gasteiger partial charge >= 0.3 is 0 Å². The van der Waals surface area contributed by atoms with Crippen LogP contribution in [0.3, 0.4) is 0 Å². The van der Waals surface area contributed by atoms with Crippen LogP contribution in [0, 0.1) is 0 Å². The summed E-state index contributed by atoms with van der Waals surface area (Å²) in [4.78, 5) is 13.0. The molecule has 4 rings (SSSR count). The standard InChI is InChI=1S/C17H14O7/c1-19-13-6-12-14(17(21-3)16(13)20-2)15(18)8-4-10-11(23-7-22-10)5-9(8)24-12/h4-6H,7H2,1-3H3. The second-order valence-electron chi connectivity index (χ2n) is 5.15. The number of hydrogen-bond donors (Lipinski definition) is 0. The van der Waals surface area contributed by atoms with E-state index in [-0.39, 0.29) is 23.4 Å². The van der Waals surface area contributed by atoms with Crippen molar-refractivity contribution in [1.82, 2.24) is 0 Å². The van der Waals surface area contributed by atoms with Gasteiger partial charge in [-0.05, 0) is 6.07 Å². The van der Waals surface area contributed by atoms with E-state index in [1.807, 2.05) is 0 Å². The topological polar surface area (TPSA) is 76.4 Å². The molecule has 0 N–H and O–H groups in total. The van der Waals surface area contributed by atoms with Crippen molar-refractivity contribution in [1.29, 1.82) is 0 Å². The fourth-order valence-electron chi connectivity index (χ4n) is 2.87. The van der Waals surface area contributed by atoms with Crippen LogP contribution in [0.25, 0.3) is 21.9 Å². The normalized spacial score (nSPS) is 12.6. The number of methoxy groups -OCH3 is 3. The highest BCUT2D eigenvalue weighted by Crippen LogP contribution is 2.44. The molecule has 0 unspecified atom stereocenters. The van der Waals surface area contributed by atoms with E-state index in [1.165, 1.54) is 21.3 Å². The molecule has 1 aliphatic rings. The molecule has 2 aromatic carbocycles. The molecular formula is C17H14O7. The first-order valence-electron chi connectivity index (χ1n) is 7.17. The summed E-state index contributed by atoms with van der Waals surface area (Å²) in [7, 11) is 4.44. The molecule has 0 amide bonds. The average molecular weight is 330 g/mol. The van der Waals surface area contributed by atoms with Crippen LogP contribution in [0.5, 0.6) is 28.7 Å². The average Bonchev–Trinajstić information content (AvgIpc) is 3.05. The first-order valence-corrected chi connectivity index (χ1v) is 7.17. The maximum atomic E-state index is 13.0. The minimum atomic E-state index is -0.248. The van der Waals surface area contributed by atoms with Crippen molar-refractivity contribution in [3.8, 4) is 28.7 Å². The number of ether oxygens (including phenoxy) is 5. The minimum Gasteiger partial charge on any atom is -0.493 e. The third-order valence-electron chi connectivity index (χ3n) is 3.96. The van der Waals surface area contributed by atoms with Gasteiger partial charge in [0.25, 0.3) is 0 Å². The van der Waals surface area contributed by atoms with Crippen molar-refractivity contribution < 1.29 is 28.1 Å². The van der Waals surface area contributed by atoms with Crippen LogP contribution in [0.2, 0.25) is 0 Å². The Morgan fingerprint density at radius 2 is 1.58 bits per heavy atom. The number of hydrogen-bond acceptors (Lipinski definition) is 7. The van der Waals surface area contributed by atoms with E-state index in [0.717, 1.165) is 0 Å². The zero-order chi connectivity index (χ0) is 16.8. The first-order chi connectivity index (χ1) is 11.7. The third kappa shape index (κ3) is 1.87. The van der Waals surface area contributed by atoms with Crippen LogP contribution in [0.1, 0.15) is 0 Å². The molecule has 1 aromatic heterocycles. The highest BCUT2D eigenvalue weighted by molar-refractivity contribution is 5.97. The summed E-state index contributed by atoms with van der Waals surface area (Å²) in [6, 6.07) is 4.85. The maximum Gasteiger partial charge on any atom is 0.231 e. The van der Waals surface area contributed by atoms with E-state index in [2.05, 4.69) is 0 Å². The van der Waals surface area contributed by atoms with Crippen LogP contribution < -0.4 is 29.1 Å². The van der Waals surface area contributed by atoms with Crippen molar-refractivity contribution in [2.24, 2.45) is 0 Å². The Kier molecular flexibility index (Phi) is 3.16. The molecule has 0 radical (unpaired) electrons. The van der Waals surface area contributed by atoms with Gasteiger partial charge < -0.3 is 28.1 Å². The molecule has 0 bridgehead atoms. The summed E-state index contributed by atoms with van der Waals surface area (Å²) >= 11 is 0. The molecule has 0 saturated heterocycles. The number of fused-ring (bicyclic) bond motifs is 3. The smallest absolute Gasteiger partial charge is 0.231 e. The quantitative estimate of drug-likeness (QED) is 0.683. The van der Waals surface area contributed by atoms with Crippen LogP contribution >= 0.6 is 0 Å². The SMILES string of the molecule is COc1cc2oc3cc4c(cc3c(=O)c2c(OC)c1OC)OCO4. The molecular weight excluding hydrogens is 316 g/mol. The summed E-state index contributed by atoms with van der Waals surface area (Å²) in [6.07, 6.45) is 0. The Morgan fingerprint density at radius 1 is 0.875 bits per heavy atom. The van der Waals surface area contributed by atoms with Crippen molar-refractivity contribution >= 4 is 21.9 Å².